The Kier molecular flexibility index (Phi) is 5.77. The van der Waals surface area contributed by atoms with Gasteiger partial charge in [-0.1, -0.05) is 0 Å². The monoisotopic (exact) mass is 398 g/mol. The van der Waals surface area contributed by atoms with Gasteiger partial charge in [0.05, 0.1) is 10.7 Å². The van der Waals surface area contributed by atoms with Gasteiger partial charge in [0.15, 0.2) is 0 Å². The summed E-state index contributed by atoms with van der Waals surface area (Å²) in [6, 6.07) is 7.43. The first-order valence-electron chi connectivity index (χ1n) is 6.26. The van der Waals surface area contributed by atoms with Crippen molar-refractivity contribution in [3.8, 4) is 0 Å². The van der Waals surface area contributed by atoms with E-state index in [0.29, 0.717) is 10.6 Å². The molecule has 0 aliphatic carbocycles. The van der Waals surface area contributed by atoms with Gasteiger partial charge in [0.2, 0.25) is 5.91 Å². The third kappa shape index (κ3) is 5.11. The summed E-state index contributed by atoms with van der Waals surface area (Å²) in [6.45, 7) is 0. The van der Waals surface area contributed by atoms with Crippen molar-refractivity contribution < 1.29 is 14.5 Å². The first-order valence-corrected chi connectivity index (χ1v) is 8.04. The summed E-state index contributed by atoms with van der Waals surface area (Å²) in [7, 11) is 0. The van der Waals surface area contributed by atoms with E-state index in [1.54, 1.807) is 24.4 Å². The Balaban J connectivity index is 1.76. The molecule has 0 saturated heterocycles. The lowest BCUT2D eigenvalue weighted by Crippen LogP contribution is -2.42. The van der Waals surface area contributed by atoms with Gasteiger partial charge in [0.1, 0.15) is 5.69 Å². The van der Waals surface area contributed by atoms with Crippen LogP contribution in [0.4, 0.5) is 5.69 Å². The number of hydrogen-bond donors (Lipinski definition) is 3. The van der Waals surface area contributed by atoms with Crippen molar-refractivity contribution in [1.29, 1.82) is 0 Å². The van der Waals surface area contributed by atoms with Crippen LogP contribution in [-0.2, 0) is 4.79 Å². The number of nitro groups is 1. The number of nitrogens with zero attached hydrogens (tertiary/aromatic N) is 1. The Bertz CT molecular complexity index is 732. The van der Waals surface area contributed by atoms with Crippen molar-refractivity contribution in [1.82, 2.24) is 15.8 Å². The minimum atomic E-state index is -0.490. The zero-order valence-corrected chi connectivity index (χ0v) is 13.9. The first-order chi connectivity index (χ1) is 11.0. The van der Waals surface area contributed by atoms with Crippen molar-refractivity contribution >= 4 is 45.2 Å². The van der Waals surface area contributed by atoms with E-state index in [9.17, 15) is 19.7 Å². The van der Waals surface area contributed by atoms with Gasteiger partial charge in [0, 0.05) is 27.7 Å². The normalized spacial score (nSPS) is 10.1. The van der Waals surface area contributed by atoms with E-state index in [0.717, 1.165) is 4.47 Å². The molecule has 0 aliphatic heterocycles. The van der Waals surface area contributed by atoms with Crippen molar-refractivity contribution in [3.63, 3.8) is 0 Å². The number of hydrazine groups is 1. The summed E-state index contributed by atoms with van der Waals surface area (Å²) < 4.78 is 0.725. The van der Waals surface area contributed by atoms with Gasteiger partial charge in [-0.05, 0) is 34.1 Å². The number of carbonyl (C=O) groups is 2. The van der Waals surface area contributed by atoms with Crippen molar-refractivity contribution in [3.05, 3.63) is 56.8 Å². The van der Waals surface area contributed by atoms with Crippen LogP contribution < -0.4 is 10.9 Å². The molecule has 1 aromatic heterocycles. The second kappa shape index (κ2) is 7.79. The SMILES string of the molecule is O=C(CSc1ccc([N+](=O)[O-])cc1)NNC(=O)c1cc(Br)c[nH]1. The Labute approximate surface area is 143 Å². The fourth-order valence-electron chi connectivity index (χ4n) is 1.54. The molecule has 0 saturated carbocycles. The summed E-state index contributed by atoms with van der Waals surface area (Å²) in [5.41, 5.74) is 4.86. The molecule has 8 nitrogen and oxygen atoms in total. The summed E-state index contributed by atoms with van der Waals surface area (Å²) in [5, 5.41) is 10.5. The third-order valence-electron chi connectivity index (χ3n) is 2.63. The molecule has 0 radical (unpaired) electrons. The van der Waals surface area contributed by atoms with Gasteiger partial charge in [-0.25, -0.2) is 0 Å². The first kappa shape index (κ1) is 17.0. The lowest BCUT2D eigenvalue weighted by atomic mass is 10.3. The minimum absolute atomic E-state index is 0.0110. The van der Waals surface area contributed by atoms with Crippen LogP contribution in [0.15, 0.2) is 45.9 Å². The fourth-order valence-corrected chi connectivity index (χ4v) is 2.58. The van der Waals surface area contributed by atoms with E-state index in [4.69, 9.17) is 0 Å². The zero-order valence-electron chi connectivity index (χ0n) is 11.5. The highest BCUT2D eigenvalue weighted by molar-refractivity contribution is 9.10. The highest BCUT2D eigenvalue weighted by Gasteiger charge is 2.10. The molecule has 0 unspecified atom stereocenters. The number of nitrogens with one attached hydrogen (secondary N) is 3. The van der Waals surface area contributed by atoms with Crippen LogP contribution in [0.3, 0.4) is 0 Å². The van der Waals surface area contributed by atoms with Crippen LogP contribution in [0, 0.1) is 10.1 Å². The topological polar surface area (TPSA) is 117 Å². The second-order valence-electron chi connectivity index (χ2n) is 4.27. The molecule has 2 rings (SSSR count). The van der Waals surface area contributed by atoms with E-state index in [-0.39, 0.29) is 11.4 Å². The molecule has 23 heavy (non-hydrogen) atoms. The third-order valence-corrected chi connectivity index (χ3v) is 4.10. The van der Waals surface area contributed by atoms with Crippen LogP contribution in [-0.4, -0.2) is 27.5 Å². The molecule has 0 spiro atoms. The van der Waals surface area contributed by atoms with Gasteiger partial charge in [0.25, 0.3) is 11.6 Å². The molecule has 2 amide bonds. The summed E-state index contributed by atoms with van der Waals surface area (Å²) in [5.74, 6) is -0.802. The lowest BCUT2D eigenvalue weighted by molar-refractivity contribution is -0.384. The number of halogens is 1. The number of hydrogen-bond acceptors (Lipinski definition) is 5. The highest BCUT2D eigenvalue weighted by atomic mass is 79.9. The number of H-pyrrole nitrogens is 1. The minimum Gasteiger partial charge on any atom is -0.356 e. The van der Waals surface area contributed by atoms with Crippen molar-refractivity contribution in [2.75, 3.05) is 5.75 Å². The van der Waals surface area contributed by atoms with E-state index in [1.807, 2.05) is 0 Å². The van der Waals surface area contributed by atoms with Gasteiger partial charge in [-0.3, -0.25) is 30.6 Å². The lowest BCUT2D eigenvalue weighted by Gasteiger charge is -2.06. The molecule has 3 N–H and O–H groups in total. The summed E-state index contributed by atoms with van der Waals surface area (Å²) in [4.78, 5) is 36.8. The van der Waals surface area contributed by atoms with Crippen LogP contribution in [0.5, 0.6) is 0 Å². The predicted octanol–water partition coefficient (Wildman–Crippen LogP) is 2.24. The highest BCUT2D eigenvalue weighted by Crippen LogP contribution is 2.20. The molecule has 2 aromatic rings. The average Bonchev–Trinajstić information content (AvgIpc) is 2.97. The molecule has 0 atom stereocenters. The van der Waals surface area contributed by atoms with Gasteiger partial charge in [-0.2, -0.15) is 0 Å². The van der Waals surface area contributed by atoms with Crippen LogP contribution >= 0.6 is 27.7 Å². The van der Waals surface area contributed by atoms with Crippen LogP contribution in [0.2, 0.25) is 0 Å². The maximum Gasteiger partial charge on any atom is 0.286 e. The Morgan fingerprint density at radius 1 is 1.26 bits per heavy atom. The van der Waals surface area contributed by atoms with Crippen LogP contribution in [0.25, 0.3) is 0 Å². The van der Waals surface area contributed by atoms with E-state index < -0.39 is 16.7 Å². The number of carbonyl (C=O) groups excluding carboxylic acids is 2. The number of benzene rings is 1. The number of aromatic nitrogens is 1. The number of non-ortho nitro benzene ring substituents is 1. The smallest absolute Gasteiger partial charge is 0.286 e. The fraction of sp³-hybridized carbons (Fsp3) is 0.0769. The standard InChI is InChI=1S/C13H11BrN4O4S/c14-8-5-11(15-6-8)13(20)17-16-12(19)7-23-10-3-1-9(2-4-10)18(21)22/h1-6,15H,7H2,(H,16,19)(H,17,20). The zero-order chi connectivity index (χ0) is 16.8. The van der Waals surface area contributed by atoms with Gasteiger partial charge < -0.3 is 4.98 Å². The molecule has 10 heteroatoms. The van der Waals surface area contributed by atoms with E-state index in [2.05, 4.69) is 31.8 Å². The number of aromatic amines is 1. The summed E-state index contributed by atoms with van der Waals surface area (Å²) in [6.07, 6.45) is 1.60. The largest absolute Gasteiger partial charge is 0.356 e. The number of thioether (sulfide) groups is 1. The summed E-state index contributed by atoms with van der Waals surface area (Å²) >= 11 is 4.40. The van der Waals surface area contributed by atoms with Gasteiger partial charge in [-0.15, -0.1) is 11.8 Å². The Morgan fingerprint density at radius 2 is 1.96 bits per heavy atom. The van der Waals surface area contributed by atoms with E-state index in [1.165, 1.54) is 23.9 Å². The molecule has 1 heterocycles. The Hall–Kier alpha value is -2.33. The average molecular weight is 399 g/mol. The molecule has 1 aromatic carbocycles. The molecule has 0 fully saturated rings. The molecule has 0 aliphatic rings. The quantitative estimate of drug-likeness (QED) is 0.405. The van der Waals surface area contributed by atoms with Gasteiger partial charge >= 0.3 is 0 Å². The van der Waals surface area contributed by atoms with Crippen molar-refractivity contribution in [2.24, 2.45) is 0 Å². The second-order valence-corrected chi connectivity index (χ2v) is 6.24. The van der Waals surface area contributed by atoms with Crippen LogP contribution in [0.1, 0.15) is 10.5 Å². The molecular formula is C13H11BrN4O4S. The number of amides is 2. The molecular weight excluding hydrogens is 388 g/mol. The Morgan fingerprint density at radius 3 is 2.52 bits per heavy atom. The number of rotatable bonds is 5. The molecule has 120 valence electrons. The maximum absolute atomic E-state index is 11.7. The maximum atomic E-state index is 11.7. The van der Waals surface area contributed by atoms with Crippen molar-refractivity contribution in [2.45, 2.75) is 4.90 Å². The number of nitro benzene ring substituents is 1. The van der Waals surface area contributed by atoms with E-state index >= 15 is 0 Å². The molecule has 0 bridgehead atoms. The predicted molar refractivity (Wildman–Crippen MR) is 87.9 cm³/mol.